The maximum Gasteiger partial charge on any atom is 0.0699 e. The van der Waals surface area contributed by atoms with Gasteiger partial charge in [0.2, 0.25) is 0 Å². The van der Waals surface area contributed by atoms with Gasteiger partial charge in [-0.05, 0) is 38.5 Å². The second-order valence-corrected chi connectivity index (χ2v) is 5.02. The van der Waals surface area contributed by atoms with Crippen LogP contribution in [0.3, 0.4) is 0 Å². The Kier molecular flexibility index (Phi) is 4.42. The Bertz CT molecular complexity index is 180. The zero-order valence-electron chi connectivity index (χ0n) is 9.58. The molecule has 3 heteroatoms. The average molecular weight is 212 g/mol. The van der Waals surface area contributed by atoms with Crippen LogP contribution in [0.15, 0.2) is 0 Å². The predicted octanol–water partition coefficient (Wildman–Crippen LogP) is 1.41. The van der Waals surface area contributed by atoms with E-state index in [1.165, 1.54) is 38.5 Å². The van der Waals surface area contributed by atoms with Crippen molar-refractivity contribution in [2.45, 2.75) is 63.1 Å². The molecule has 1 aliphatic heterocycles. The number of hydrogen-bond donors (Lipinski definition) is 2. The Morgan fingerprint density at radius 2 is 2.07 bits per heavy atom. The standard InChI is InChI=1S/C12H24N2O/c13-10-4-3-5-11(8-10)14-9-12-6-1-2-7-15-12/h10-12,14H,1-9,13H2. The quantitative estimate of drug-likeness (QED) is 0.743. The highest BCUT2D eigenvalue weighted by molar-refractivity contribution is 4.81. The minimum atomic E-state index is 0.420. The van der Waals surface area contributed by atoms with Gasteiger partial charge in [-0.25, -0.2) is 0 Å². The average Bonchev–Trinajstić information content (AvgIpc) is 2.28. The summed E-state index contributed by atoms with van der Waals surface area (Å²) >= 11 is 0. The molecule has 3 nitrogen and oxygen atoms in total. The number of rotatable bonds is 3. The van der Waals surface area contributed by atoms with Gasteiger partial charge in [0.15, 0.2) is 0 Å². The van der Waals surface area contributed by atoms with Crippen LogP contribution in [0.2, 0.25) is 0 Å². The van der Waals surface area contributed by atoms with E-state index in [1.807, 2.05) is 0 Å². The molecule has 1 saturated carbocycles. The van der Waals surface area contributed by atoms with E-state index in [-0.39, 0.29) is 0 Å². The first-order chi connectivity index (χ1) is 7.34. The highest BCUT2D eigenvalue weighted by Crippen LogP contribution is 2.18. The summed E-state index contributed by atoms with van der Waals surface area (Å²) in [5.41, 5.74) is 5.96. The molecular weight excluding hydrogens is 188 g/mol. The Morgan fingerprint density at radius 3 is 2.80 bits per heavy atom. The van der Waals surface area contributed by atoms with Crippen LogP contribution in [-0.2, 0) is 4.74 Å². The van der Waals surface area contributed by atoms with Crippen molar-refractivity contribution in [2.75, 3.05) is 13.2 Å². The third kappa shape index (κ3) is 3.74. The molecule has 1 heterocycles. The monoisotopic (exact) mass is 212 g/mol. The summed E-state index contributed by atoms with van der Waals surface area (Å²) in [6.07, 6.45) is 9.18. The molecule has 1 saturated heterocycles. The molecule has 2 aliphatic rings. The minimum Gasteiger partial charge on any atom is -0.377 e. The zero-order valence-corrected chi connectivity index (χ0v) is 9.58. The van der Waals surface area contributed by atoms with Crippen molar-refractivity contribution in [3.63, 3.8) is 0 Å². The van der Waals surface area contributed by atoms with Gasteiger partial charge in [-0.15, -0.1) is 0 Å². The van der Waals surface area contributed by atoms with Crippen LogP contribution < -0.4 is 11.1 Å². The van der Waals surface area contributed by atoms with Gasteiger partial charge in [0, 0.05) is 25.2 Å². The normalized spacial score (nSPS) is 37.8. The number of nitrogens with two attached hydrogens (primary N) is 1. The number of ether oxygens (including phenoxy) is 1. The summed E-state index contributed by atoms with van der Waals surface area (Å²) in [5.74, 6) is 0. The molecule has 15 heavy (non-hydrogen) atoms. The van der Waals surface area contributed by atoms with Gasteiger partial charge in [-0.2, -0.15) is 0 Å². The summed E-state index contributed by atoms with van der Waals surface area (Å²) in [6, 6.07) is 1.06. The summed E-state index contributed by atoms with van der Waals surface area (Å²) in [7, 11) is 0. The SMILES string of the molecule is NC1CCCC(NCC2CCCCO2)C1. The lowest BCUT2D eigenvalue weighted by Gasteiger charge is -2.30. The molecule has 0 aromatic rings. The van der Waals surface area contributed by atoms with E-state index in [0.717, 1.165) is 19.6 Å². The Balaban J connectivity index is 1.63. The lowest BCUT2D eigenvalue weighted by Crippen LogP contribution is -2.43. The van der Waals surface area contributed by atoms with Crippen molar-refractivity contribution in [2.24, 2.45) is 5.73 Å². The predicted molar refractivity (Wildman–Crippen MR) is 61.8 cm³/mol. The van der Waals surface area contributed by atoms with Gasteiger partial charge in [-0.3, -0.25) is 0 Å². The van der Waals surface area contributed by atoms with Crippen LogP contribution >= 0.6 is 0 Å². The maximum absolute atomic E-state index is 5.96. The minimum absolute atomic E-state index is 0.420. The van der Waals surface area contributed by atoms with Gasteiger partial charge in [-0.1, -0.05) is 6.42 Å². The summed E-state index contributed by atoms with van der Waals surface area (Å²) in [6.45, 7) is 1.98. The van der Waals surface area contributed by atoms with Crippen molar-refractivity contribution in [1.82, 2.24) is 5.32 Å². The van der Waals surface area contributed by atoms with Gasteiger partial charge in [0.25, 0.3) is 0 Å². The highest BCUT2D eigenvalue weighted by atomic mass is 16.5. The van der Waals surface area contributed by atoms with Gasteiger partial charge in [0.05, 0.1) is 6.10 Å². The molecule has 3 unspecified atom stereocenters. The molecule has 0 bridgehead atoms. The molecule has 0 spiro atoms. The van der Waals surface area contributed by atoms with Gasteiger partial charge < -0.3 is 15.8 Å². The molecule has 88 valence electrons. The molecule has 0 amide bonds. The van der Waals surface area contributed by atoms with Gasteiger partial charge in [0.1, 0.15) is 0 Å². The maximum atomic E-state index is 5.96. The smallest absolute Gasteiger partial charge is 0.0699 e. The van der Waals surface area contributed by atoms with Crippen LogP contribution in [0.5, 0.6) is 0 Å². The summed E-state index contributed by atoms with van der Waals surface area (Å²) < 4.78 is 5.70. The molecule has 0 aromatic heterocycles. The second kappa shape index (κ2) is 5.83. The number of hydrogen-bond acceptors (Lipinski definition) is 3. The topological polar surface area (TPSA) is 47.3 Å². The summed E-state index contributed by atoms with van der Waals surface area (Å²) in [5, 5.41) is 3.62. The fourth-order valence-corrected chi connectivity index (χ4v) is 2.68. The van der Waals surface area contributed by atoms with Crippen LogP contribution in [0, 0.1) is 0 Å². The van der Waals surface area contributed by atoms with Crippen molar-refractivity contribution in [3.8, 4) is 0 Å². The molecule has 0 radical (unpaired) electrons. The van der Waals surface area contributed by atoms with Crippen LogP contribution in [-0.4, -0.2) is 31.3 Å². The fourth-order valence-electron chi connectivity index (χ4n) is 2.68. The second-order valence-electron chi connectivity index (χ2n) is 5.02. The van der Waals surface area contributed by atoms with Crippen molar-refractivity contribution in [1.29, 1.82) is 0 Å². The van der Waals surface area contributed by atoms with Crippen LogP contribution in [0.1, 0.15) is 44.9 Å². The van der Waals surface area contributed by atoms with Crippen LogP contribution in [0.4, 0.5) is 0 Å². The first-order valence-electron chi connectivity index (χ1n) is 6.45. The van der Waals surface area contributed by atoms with Crippen molar-refractivity contribution < 1.29 is 4.74 Å². The Hall–Kier alpha value is -0.120. The summed E-state index contributed by atoms with van der Waals surface area (Å²) in [4.78, 5) is 0. The molecule has 1 aliphatic carbocycles. The Morgan fingerprint density at radius 1 is 1.13 bits per heavy atom. The first-order valence-corrected chi connectivity index (χ1v) is 6.45. The van der Waals surface area contributed by atoms with E-state index < -0.39 is 0 Å². The lowest BCUT2D eigenvalue weighted by atomic mass is 9.91. The highest BCUT2D eigenvalue weighted by Gasteiger charge is 2.20. The number of nitrogens with one attached hydrogen (secondary N) is 1. The van der Waals surface area contributed by atoms with E-state index >= 15 is 0 Å². The van der Waals surface area contributed by atoms with Gasteiger partial charge >= 0.3 is 0 Å². The van der Waals surface area contributed by atoms with E-state index in [0.29, 0.717) is 18.2 Å². The Labute approximate surface area is 92.7 Å². The lowest BCUT2D eigenvalue weighted by molar-refractivity contribution is 0.0145. The molecule has 2 fully saturated rings. The zero-order chi connectivity index (χ0) is 10.5. The molecule has 3 atom stereocenters. The first kappa shape index (κ1) is 11.4. The fraction of sp³-hybridized carbons (Fsp3) is 1.00. The van der Waals surface area contributed by atoms with E-state index in [4.69, 9.17) is 10.5 Å². The van der Waals surface area contributed by atoms with E-state index in [1.54, 1.807) is 0 Å². The largest absolute Gasteiger partial charge is 0.377 e. The third-order valence-corrected chi connectivity index (χ3v) is 3.62. The van der Waals surface area contributed by atoms with E-state index in [2.05, 4.69) is 5.32 Å². The molecule has 0 aromatic carbocycles. The molecular formula is C12H24N2O. The molecule has 2 rings (SSSR count). The van der Waals surface area contributed by atoms with Crippen molar-refractivity contribution in [3.05, 3.63) is 0 Å². The van der Waals surface area contributed by atoms with Crippen molar-refractivity contribution >= 4 is 0 Å². The molecule has 3 N–H and O–H groups in total. The van der Waals surface area contributed by atoms with E-state index in [9.17, 15) is 0 Å². The third-order valence-electron chi connectivity index (χ3n) is 3.62. The van der Waals surface area contributed by atoms with Crippen LogP contribution in [0.25, 0.3) is 0 Å².